The monoisotopic (exact) mass is 340 g/mol. The molecule has 0 aliphatic heterocycles. The number of Topliss-reactive ketones (excluding diaryl/α,β-unsaturated/α-hetero) is 1. The number of rotatable bonds is 3. The van der Waals surface area contributed by atoms with Crippen LogP contribution in [0, 0.1) is 12.7 Å². The van der Waals surface area contributed by atoms with Crippen molar-refractivity contribution in [1.82, 2.24) is 0 Å². The summed E-state index contributed by atoms with van der Waals surface area (Å²) in [4.78, 5) is 12.2. The van der Waals surface area contributed by atoms with Gasteiger partial charge in [0.25, 0.3) is 0 Å². The van der Waals surface area contributed by atoms with Crippen molar-refractivity contribution in [3.8, 4) is 0 Å². The summed E-state index contributed by atoms with van der Waals surface area (Å²) in [7, 11) is 0. The summed E-state index contributed by atoms with van der Waals surface area (Å²) in [6, 6.07) is 9.45. The van der Waals surface area contributed by atoms with Gasteiger partial charge in [-0.2, -0.15) is 0 Å². The predicted molar refractivity (Wildman–Crippen MR) is 78.3 cm³/mol. The smallest absolute Gasteiger partial charge is 0.167 e. The van der Waals surface area contributed by atoms with E-state index < -0.39 is 0 Å². The third-order valence-electron chi connectivity index (χ3n) is 2.85. The molecule has 2 aromatic carbocycles. The molecule has 0 aromatic heterocycles. The van der Waals surface area contributed by atoms with E-state index >= 15 is 0 Å². The van der Waals surface area contributed by atoms with Crippen molar-refractivity contribution >= 4 is 33.3 Å². The van der Waals surface area contributed by atoms with Crippen LogP contribution in [0.2, 0.25) is 5.02 Å². The number of hydrogen-bond donors (Lipinski definition) is 0. The zero-order valence-electron chi connectivity index (χ0n) is 10.2. The lowest BCUT2D eigenvalue weighted by Gasteiger charge is -2.07. The highest BCUT2D eigenvalue weighted by Gasteiger charge is 2.12. The van der Waals surface area contributed by atoms with E-state index in [1.165, 1.54) is 12.1 Å². The lowest BCUT2D eigenvalue weighted by Crippen LogP contribution is -2.06. The van der Waals surface area contributed by atoms with Gasteiger partial charge in [0.2, 0.25) is 0 Å². The quantitative estimate of drug-likeness (QED) is 0.720. The average molecular weight is 342 g/mol. The van der Waals surface area contributed by atoms with Crippen LogP contribution in [0.25, 0.3) is 0 Å². The molecule has 0 N–H and O–H groups in total. The summed E-state index contributed by atoms with van der Waals surface area (Å²) in [5.74, 6) is -0.403. The molecule has 4 heteroatoms. The molecule has 0 spiro atoms. The molecule has 0 aliphatic rings. The largest absolute Gasteiger partial charge is 0.294 e. The van der Waals surface area contributed by atoms with Gasteiger partial charge < -0.3 is 0 Å². The molecular formula is C15H11BrClFO. The summed E-state index contributed by atoms with van der Waals surface area (Å²) < 4.78 is 13.9. The standard InChI is InChI=1S/C15H11BrClFO/c1-9-6-11(17)2-4-13(9)15(19)8-10-7-12(18)3-5-14(10)16/h2-7H,8H2,1H3. The van der Waals surface area contributed by atoms with Crippen LogP contribution >= 0.6 is 27.5 Å². The Morgan fingerprint density at radius 3 is 2.68 bits per heavy atom. The molecule has 0 radical (unpaired) electrons. The average Bonchev–Trinajstić information content (AvgIpc) is 2.33. The van der Waals surface area contributed by atoms with Gasteiger partial charge in [0.1, 0.15) is 5.82 Å². The Morgan fingerprint density at radius 2 is 2.00 bits per heavy atom. The van der Waals surface area contributed by atoms with Crippen molar-refractivity contribution in [2.75, 3.05) is 0 Å². The first-order valence-corrected chi connectivity index (χ1v) is 6.88. The minimum absolute atomic E-state index is 0.0551. The first-order chi connectivity index (χ1) is 8.97. The Hall–Kier alpha value is -1.19. The maximum absolute atomic E-state index is 13.2. The predicted octanol–water partition coefficient (Wildman–Crippen LogP) is 4.98. The number of carbonyl (C=O) groups is 1. The lowest BCUT2D eigenvalue weighted by atomic mass is 9.99. The van der Waals surface area contributed by atoms with Gasteiger partial charge >= 0.3 is 0 Å². The van der Waals surface area contributed by atoms with E-state index in [0.29, 0.717) is 16.1 Å². The van der Waals surface area contributed by atoms with E-state index in [-0.39, 0.29) is 18.0 Å². The minimum atomic E-state index is -0.348. The number of aryl methyl sites for hydroxylation is 1. The van der Waals surface area contributed by atoms with E-state index in [1.807, 2.05) is 6.92 Å². The second-order valence-electron chi connectivity index (χ2n) is 4.29. The van der Waals surface area contributed by atoms with E-state index in [4.69, 9.17) is 11.6 Å². The fourth-order valence-electron chi connectivity index (χ4n) is 1.89. The zero-order chi connectivity index (χ0) is 14.0. The van der Waals surface area contributed by atoms with E-state index in [0.717, 1.165) is 10.0 Å². The summed E-state index contributed by atoms with van der Waals surface area (Å²) in [6.07, 6.45) is 0.154. The third kappa shape index (κ3) is 3.43. The summed E-state index contributed by atoms with van der Waals surface area (Å²) in [6.45, 7) is 1.83. The van der Waals surface area contributed by atoms with Gasteiger partial charge in [0, 0.05) is 21.5 Å². The van der Waals surface area contributed by atoms with Gasteiger partial charge in [-0.15, -0.1) is 0 Å². The van der Waals surface area contributed by atoms with Gasteiger partial charge in [-0.25, -0.2) is 4.39 Å². The molecule has 0 fully saturated rings. The minimum Gasteiger partial charge on any atom is -0.294 e. The summed E-state index contributed by atoms with van der Waals surface area (Å²) in [5, 5.41) is 0.598. The van der Waals surface area contributed by atoms with Gasteiger partial charge in [0.15, 0.2) is 5.78 Å². The van der Waals surface area contributed by atoms with Crippen molar-refractivity contribution < 1.29 is 9.18 Å². The van der Waals surface area contributed by atoms with Crippen molar-refractivity contribution in [3.05, 3.63) is 68.4 Å². The van der Waals surface area contributed by atoms with Crippen LogP contribution in [0.5, 0.6) is 0 Å². The van der Waals surface area contributed by atoms with Gasteiger partial charge in [-0.1, -0.05) is 27.5 Å². The van der Waals surface area contributed by atoms with Crippen LogP contribution in [-0.2, 0) is 6.42 Å². The van der Waals surface area contributed by atoms with Gasteiger partial charge in [0.05, 0.1) is 0 Å². The molecule has 0 bridgehead atoms. The molecule has 0 saturated heterocycles. The highest BCUT2D eigenvalue weighted by atomic mass is 79.9. The normalized spacial score (nSPS) is 10.5. The Morgan fingerprint density at radius 1 is 1.26 bits per heavy atom. The molecule has 0 aliphatic carbocycles. The van der Waals surface area contributed by atoms with E-state index in [1.54, 1.807) is 24.3 Å². The van der Waals surface area contributed by atoms with Crippen molar-refractivity contribution in [3.63, 3.8) is 0 Å². The SMILES string of the molecule is Cc1cc(Cl)ccc1C(=O)Cc1cc(F)ccc1Br. The van der Waals surface area contributed by atoms with E-state index in [2.05, 4.69) is 15.9 Å². The van der Waals surface area contributed by atoms with Gasteiger partial charge in [-0.3, -0.25) is 4.79 Å². The molecule has 0 amide bonds. The zero-order valence-corrected chi connectivity index (χ0v) is 12.6. The van der Waals surface area contributed by atoms with E-state index in [9.17, 15) is 9.18 Å². The molecule has 0 saturated carbocycles. The van der Waals surface area contributed by atoms with Crippen LogP contribution in [0.15, 0.2) is 40.9 Å². The molecule has 0 unspecified atom stereocenters. The van der Waals surface area contributed by atoms with Crippen molar-refractivity contribution in [2.24, 2.45) is 0 Å². The number of halogens is 3. The second-order valence-corrected chi connectivity index (χ2v) is 5.59. The van der Waals surface area contributed by atoms with Crippen LogP contribution in [0.1, 0.15) is 21.5 Å². The molecule has 2 rings (SSSR count). The number of carbonyl (C=O) groups excluding carboxylic acids is 1. The molecule has 0 atom stereocenters. The lowest BCUT2D eigenvalue weighted by molar-refractivity contribution is 0.0992. The summed E-state index contributed by atoms with van der Waals surface area (Å²) in [5.41, 5.74) is 2.07. The molecule has 0 heterocycles. The Balaban J connectivity index is 2.28. The molecular weight excluding hydrogens is 331 g/mol. The third-order valence-corrected chi connectivity index (χ3v) is 3.86. The molecule has 1 nitrogen and oxygen atoms in total. The number of ketones is 1. The fourth-order valence-corrected chi connectivity index (χ4v) is 2.50. The Labute approximate surface area is 124 Å². The molecule has 2 aromatic rings. The molecule has 19 heavy (non-hydrogen) atoms. The topological polar surface area (TPSA) is 17.1 Å². The van der Waals surface area contributed by atoms with Crippen LogP contribution in [0.3, 0.4) is 0 Å². The Bertz CT molecular complexity index is 640. The summed E-state index contributed by atoms with van der Waals surface area (Å²) >= 11 is 9.18. The first kappa shape index (κ1) is 14.2. The highest BCUT2D eigenvalue weighted by Crippen LogP contribution is 2.22. The number of benzene rings is 2. The van der Waals surface area contributed by atoms with Crippen molar-refractivity contribution in [1.29, 1.82) is 0 Å². The van der Waals surface area contributed by atoms with Gasteiger partial charge in [-0.05, 0) is 54.4 Å². The van der Waals surface area contributed by atoms with Crippen LogP contribution in [-0.4, -0.2) is 5.78 Å². The maximum Gasteiger partial charge on any atom is 0.167 e. The van der Waals surface area contributed by atoms with Crippen molar-refractivity contribution in [2.45, 2.75) is 13.3 Å². The fraction of sp³-hybridized carbons (Fsp3) is 0.133. The second kappa shape index (κ2) is 5.85. The highest BCUT2D eigenvalue weighted by molar-refractivity contribution is 9.10. The first-order valence-electron chi connectivity index (χ1n) is 5.70. The number of hydrogen-bond acceptors (Lipinski definition) is 1. The van der Waals surface area contributed by atoms with Crippen LogP contribution < -0.4 is 0 Å². The molecule has 98 valence electrons. The Kier molecular flexibility index (Phi) is 4.38. The van der Waals surface area contributed by atoms with Crippen LogP contribution in [0.4, 0.5) is 4.39 Å². The maximum atomic E-state index is 13.2.